The average molecular weight is 335 g/mol. The molecule has 1 unspecified atom stereocenters. The van der Waals surface area contributed by atoms with E-state index in [9.17, 15) is 14.4 Å². The van der Waals surface area contributed by atoms with Crippen LogP contribution >= 0.6 is 0 Å². The van der Waals surface area contributed by atoms with Gasteiger partial charge in [0.2, 0.25) is 11.8 Å². The summed E-state index contributed by atoms with van der Waals surface area (Å²) in [6.45, 7) is 4.97. The molecule has 1 rings (SSSR count). The van der Waals surface area contributed by atoms with Gasteiger partial charge in [-0.3, -0.25) is 19.3 Å². The van der Waals surface area contributed by atoms with Crippen molar-refractivity contribution in [1.29, 1.82) is 0 Å². The van der Waals surface area contributed by atoms with Gasteiger partial charge in [-0.2, -0.15) is 0 Å². The fourth-order valence-electron chi connectivity index (χ4n) is 2.60. The molecule has 0 aromatic rings. The van der Waals surface area contributed by atoms with Crippen molar-refractivity contribution in [1.82, 2.24) is 20.4 Å². The molecular formula is C16H30N4O3. The van der Waals surface area contributed by atoms with E-state index in [4.69, 9.17) is 0 Å². The molecule has 0 aliphatic carbocycles. The minimum Gasteiger partial charge on any atom is -0.356 e. The van der Waals surface area contributed by atoms with Gasteiger partial charge in [-0.15, -0.1) is 0 Å². The summed E-state index contributed by atoms with van der Waals surface area (Å²) in [6.07, 6.45) is 2.51. The predicted octanol–water partition coefficient (Wildman–Crippen LogP) is -0.386. The van der Waals surface area contributed by atoms with Crippen molar-refractivity contribution in [2.45, 2.75) is 38.6 Å². The van der Waals surface area contributed by atoms with E-state index in [-0.39, 0.29) is 30.1 Å². The van der Waals surface area contributed by atoms with E-state index >= 15 is 0 Å². The van der Waals surface area contributed by atoms with Crippen LogP contribution in [0.1, 0.15) is 32.6 Å². The molecule has 1 aliphatic heterocycles. The van der Waals surface area contributed by atoms with E-state index in [1.165, 1.54) is 6.92 Å². The summed E-state index contributed by atoms with van der Waals surface area (Å²) in [4.78, 5) is 38.9. The Kier molecular flexibility index (Phi) is 8.79. The quantitative estimate of drug-likeness (QED) is 0.420. The highest BCUT2D eigenvalue weighted by Crippen LogP contribution is 2.16. The van der Waals surface area contributed by atoms with Crippen LogP contribution in [-0.2, 0) is 14.4 Å². The third kappa shape index (κ3) is 8.08. The van der Waals surface area contributed by atoms with Crippen LogP contribution in [0.5, 0.6) is 0 Å². The van der Waals surface area contributed by atoms with Crippen LogP contribution in [0.25, 0.3) is 0 Å². The first-order valence-corrected chi connectivity index (χ1v) is 8.32. The second kappa shape index (κ2) is 10.3. The Morgan fingerprint density at radius 1 is 1.13 bits per heavy atom. The summed E-state index contributed by atoms with van der Waals surface area (Å²) in [5.41, 5.74) is 0. The zero-order valence-electron chi connectivity index (χ0n) is 14.6. The van der Waals surface area contributed by atoms with Crippen LogP contribution in [0.15, 0.2) is 0 Å². The topological polar surface area (TPSA) is 81.8 Å². The number of Topliss-reactive ketones (excluding diaryl/α,β-unsaturated/α-hetero) is 1. The lowest BCUT2D eigenvalue weighted by Gasteiger charge is -2.25. The summed E-state index contributed by atoms with van der Waals surface area (Å²) in [5, 5.41) is 5.52. The molecule has 2 N–H and O–H groups in total. The molecule has 0 aromatic heterocycles. The number of nitrogens with one attached hydrogen (secondary N) is 2. The van der Waals surface area contributed by atoms with Gasteiger partial charge in [0.05, 0.1) is 6.04 Å². The Balaban J connectivity index is 2.22. The maximum Gasteiger partial charge on any atom is 0.237 e. The van der Waals surface area contributed by atoms with Crippen LogP contribution < -0.4 is 10.6 Å². The summed E-state index contributed by atoms with van der Waals surface area (Å²) < 4.78 is 0. The van der Waals surface area contributed by atoms with Gasteiger partial charge in [0.25, 0.3) is 0 Å². The van der Waals surface area contributed by atoms with E-state index in [0.717, 1.165) is 32.5 Å². The monoisotopic (exact) mass is 335 g/mol. The van der Waals surface area contributed by atoms with Gasteiger partial charge in [0.15, 0.2) is 0 Å². The van der Waals surface area contributed by atoms with Crippen molar-refractivity contribution in [2.24, 2.45) is 0 Å². The highest BCUT2D eigenvalue weighted by molar-refractivity contribution is 5.83. The number of carbonyl (C=O) groups excluding carboxylic acids is 3. The molecule has 132 valence electrons. The van der Waals surface area contributed by atoms with Gasteiger partial charge in [-0.05, 0) is 40.4 Å². The Morgan fingerprint density at radius 2 is 1.83 bits per heavy atom. The Labute approximate surface area is 138 Å². The van der Waals surface area contributed by atoms with Gasteiger partial charge < -0.3 is 15.5 Å². The standard InChI is InChI=1S/C16H30N4O3/c1-13(21)6-8-17-15(22)7-9-18-16(23)14-5-4-10-20(14)12-11-19(2)3/h14H,4-12H2,1-3H3,(H,17,22)(H,18,23)/i2+1,3+1,6+1,7+1,11+1,13+1,15+1,17+1,18+1. The first kappa shape index (κ1) is 19.6. The molecule has 0 radical (unpaired) electrons. The molecule has 2 amide bonds. The van der Waals surface area contributed by atoms with E-state index in [0.29, 0.717) is 19.5 Å². The maximum absolute atomic E-state index is 12.2. The number of rotatable bonds is 10. The highest BCUT2D eigenvalue weighted by atomic mass is 16.3. The SMILES string of the molecule is C[13C](=O)[13CH2]C[15NH][13C](=O)[13CH2]C[15NH]C(=O)C1CCCN1C[13CH2]N([13CH3])[13CH3]. The van der Waals surface area contributed by atoms with E-state index in [1.807, 2.05) is 14.1 Å². The number of hydrogen-bond donors (Lipinski definition) is 2. The third-order valence-corrected chi connectivity index (χ3v) is 3.95. The van der Waals surface area contributed by atoms with Crippen LogP contribution in [-0.4, -0.2) is 80.3 Å². The minimum absolute atomic E-state index is 0.0118. The Hall–Kier alpha value is -1.47. The molecule has 1 fully saturated rings. The molecule has 7 nitrogen and oxygen atoms in total. The third-order valence-electron chi connectivity index (χ3n) is 3.95. The van der Waals surface area contributed by atoms with Gasteiger partial charge in [0.1, 0.15) is 5.78 Å². The van der Waals surface area contributed by atoms with Crippen molar-refractivity contribution in [3.63, 3.8) is 0 Å². The maximum atomic E-state index is 12.2. The fraction of sp³-hybridized carbons (Fsp3) is 0.812. The first-order chi connectivity index (χ1) is 10.9. The number of amides is 2. The van der Waals surface area contributed by atoms with Crippen LogP contribution in [0.2, 0.25) is 0 Å². The Bertz CT molecular complexity index is 412. The molecule has 0 spiro atoms. The number of likely N-dealkylation sites (N-methyl/N-ethyl adjacent to an activating group) is 1. The molecule has 7 heteroatoms. The van der Waals surface area contributed by atoms with Crippen molar-refractivity contribution in [3.8, 4) is 0 Å². The molecule has 1 atom stereocenters. The molecule has 1 heterocycles. The second-order valence-corrected chi connectivity index (χ2v) is 6.34. The number of carbonyl (C=O) groups is 3. The van der Waals surface area contributed by atoms with Gasteiger partial charge >= 0.3 is 0 Å². The highest BCUT2D eigenvalue weighted by Gasteiger charge is 2.30. The lowest BCUT2D eigenvalue weighted by atomic mass is 10.2. The number of nitrogens with zero attached hydrogens (tertiary/aromatic N) is 2. The van der Waals surface area contributed by atoms with Crippen molar-refractivity contribution in [3.05, 3.63) is 0 Å². The number of ketones is 1. The number of hydrogen-bond acceptors (Lipinski definition) is 5. The van der Waals surface area contributed by atoms with Crippen LogP contribution in [0.3, 0.4) is 0 Å². The van der Waals surface area contributed by atoms with Crippen molar-refractivity contribution in [2.75, 3.05) is 46.8 Å². The predicted molar refractivity (Wildman–Crippen MR) is 89.1 cm³/mol. The molecule has 0 aromatic carbocycles. The van der Waals surface area contributed by atoms with Gasteiger partial charge in [-0.1, -0.05) is 0 Å². The summed E-state index contributed by atoms with van der Waals surface area (Å²) in [6, 6.07) is -0.0734. The summed E-state index contributed by atoms with van der Waals surface area (Å²) in [7, 11) is 4.05. The van der Waals surface area contributed by atoms with Crippen molar-refractivity contribution < 1.29 is 14.4 Å². The second-order valence-electron chi connectivity index (χ2n) is 6.34. The normalized spacial score (nSPS) is 18.2. The minimum atomic E-state index is -0.137. The summed E-state index contributed by atoms with van der Waals surface area (Å²) >= 11 is 0. The van der Waals surface area contributed by atoms with Crippen molar-refractivity contribution >= 4 is 17.6 Å². The van der Waals surface area contributed by atoms with Gasteiger partial charge in [-0.25, -0.2) is 0 Å². The van der Waals surface area contributed by atoms with Gasteiger partial charge in [0, 0.05) is 39.0 Å². The fourth-order valence-corrected chi connectivity index (χ4v) is 2.60. The largest absolute Gasteiger partial charge is 0.356 e. The smallest absolute Gasteiger partial charge is 0.237 e. The van der Waals surface area contributed by atoms with E-state index < -0.39 is 0 Å². The summed E-state index contributed by atoms with van der Waals surface area (Å²) in [5.74, 6) is -0.0714. The molecule has 1 aliphatic rings. The Morgan fingerprint density at radius 3 is 2.48 bits per heavy atom. The molecule has 1 saturated heterocycles. The lowest BCUT2D eigenvalue weighted by molar-refractivity contribution is -0.125. The first-order valence-electron chi connectivity index (χ1n) is 8.32. The van der Waals surface area contributed by atoms with Crippen LogP contribution in [0, 0.1) is 0 Å². The molecule has 0 bridgehead atoms. The molecular weight excluding hydrogens is 305 g/mol. The zero-order valence-corrected chi connectivity index (χ0v) is 14.6. The number of likely N-dealkylation sites (tertiary alicyclic amines) is 1. The average Bonchev–Trinajstić information content (AvgIpc) is 2.93. The lowest BCUT2D eigenvalue weighted by Crippen LogP contribution is -2.46. The van der Waals surface area contributed by atoms with E-state index in [2.05, 4.69) is 20.4 Å². The van der Waals surface area contributed by atoms with E-state index in [1.54, 1.807) is 0 Å². The molecule has 0 saturated carbocycles. The zero-order chi connectivity index (χ0) is 17.2. The van der Waals surface area contributed by atoms with Crippen LogP contribution in [0.4, 0.5) is 0 Å². The molecule has 23 heavy (non-hydrogen) atoms.